The van der Waals surface area contributed by atoms with Crippen molar-refractivity contribution in [3.63, 3.8) is 0 Å². The van der Waals surface area contributed by atoms with Crippen LogP contribution in [0.5, 0.6) is 0 Å². The van der Waals surface area contributed by atoms with Gasteiger partial charge < -0.3 is 5.32 Å². The number of thioether (sulfide) groups is 1. The third-order valence-corrected chi connectivity index (χ3v) is 2.28. The van der Waals surface area contributed by atoms with Crippen LogP contribution in [0, 0.1) is 0 Å². The third kappa shape index (κ3) is 3.48. The lowest BCUT2D eigenvalue weighted by atomic mass is 10.2. The van der Waals surface area contributed by atoms with E-state index < -0.39 is 0 Å². The molecule has 0 aliphatic rings. The van der Waals surface area contributed by atoms with Gasteiger partial charge in [-0.15, -0.1) is 24.2 Å². The Balaban J connectivity index is 0.00000121. The molecule has 0 amide bonds. The zero-order valence-electron chi connectivity index (χ0n) is 7.33. The molecule has 68 valence electrons. The highest BCUT2D eigenvalue weighted by atomic mass is 35.5. The Morgan fingerprint density at radius 1 is 1.25 bits per heavy atom. The van der Waals surface area contributed by atoms with Gasteiger partial charge in [-0.2, -0.15) is 0 Å². The van der Waals surface area contributed by atoms with E-state index in [1.807, 2.05) is 7.05 Å². The van der Waals surface area contributed by atoms with Gasteiger partial charge in [0.2, 0.25) is 0 Å². The number of hydrogen-bond donors (Lipinski definition) is 1. The lowest BCUT2D eigenvalue weighted by molar-refractivity contribution is 0.817. The summed E-state index contributed by atoms with van der Waals surface area (Å²) in [6.45, 7) is 0.953. The van der Waals surface area contributed by atoms with Crippen LogP contribution >= 0.6 is 24.2 Å². The molecule has 0 aliphatic carbocycles. The highest BCUT2D eigenvalue weighted by Gasteiger charge is 1.90. The summed E-state index contributed by atoms with van der Waals surface area (Å²) < 4.78 is 0. The van der Waals surface area contributed by atoms with Crippen molar-refractivity contribution in [1.29, 1.82) is 0 Å². The fraction of sp³-hybridized carbons (Fsp3) is 0.333. The lowest BCUT2D eigenvalue weighted by Gasteiger charge is -2.00. The molecule has 0 fully saturated rings. The Morgan fingerprint density at radius 3 is 2.25 bits per heavy atom. The van der Waals surface area contributed by atoms with Crippen molar-refractivity contribution in [2.45, 2.75) is 11.4 Å². The molecule has 0 saturated heterocycles. The zero-order chi connectivity index (χ0) is 8.10. The molecule has 0 aliphatic heterocycles. The second-order valence-corrected chi connectivity index (χ2v) is 3.26. The van der Waals surface area contributed by atoms with E-state index in [4.69, 9.17) is 0 Å². The van der Waals surface area contributed by atoms with Crippen LogP contribution in [0.2, 0.25) is 0 Å². The summed E-state index contributed by atoms with van der Waals surface area (Å²) in [4.78, 5) is 1.32. The van der Waals surface area contributed by atoms with Gasteiger partial charge in [0.05, 0.1) is 0 Å². The summed E-state index contributed by atoms with van der Waals surface area (Å²) >= 11 is 1.78. The normalized spacial score (nSPS) is 9.17. The fourth-order valence-electron chi connectivity index (χ4n) is 0.948. The van der Waals surface area contributed by atoms with Crippen molar-refractivity contribution in [2.24, 2.45) is 0 Å². The largest absolute Gasteiger partial charge is 0.316 e. The zero-order valence-corrected chi connectivity index (χ0v) is 8.97. The second-order valence-electron chi connectivity index (χ2n) is 2.38. The monoisotopic (exact) mass is 203 g/mol. The third-order valence-electron chi connectivity index (χ3n) is 1.54. The molecule has 0 radical (unpaired) electrons. The molecule has 0 saturated carbocycles. The lowest BCUT2D eigenvalue weighted by Crippen LogP contribution is -2.04. The summed E-state index contributed by atoms with van der Waals surface area (Å²) in [6, 6.07) is 8.61. The first-order chi connectivity index (χ1) is 5.36. The van der Waals surface area contributed by atoms with Crippen LogP contribution in [-0.4, -0.2) is 13.3 Å². The van der Waals surface area contributed by atoms with Crippen LogP contribution in [-0.2, 0) is 6.54 Å². The maximum atomic E-state index is 3.11. The van der Waals surface area contributed by atoms with E-state index in [1.165, 1.54) is 10.5 Å². The predicted octanol–water partition coefficient (Wildman–Crippen LogP) is 2.55. The van der Waals surface area contributed by atoms with Crippen molar-refractivity contribution in [1.82, 2.24) is 5.32 Å². The topological polar surface area (TPSA) is 12.0 Å². The molecule has 0 spiro atoms. The summed E-state index contributed by atoms with van der Waals surface area (Å²) in [5.41, 5.74) is 1.34. The molecule has 1 nitrogen and oxygen atoms in total. The van der Waals surface area contributed by atoms with Gasteiger partial charge in [-0.3, -0.25) is 0 Å². The highest BCUT2D eigenvalue weighted by Crippen LogP contribution is 2.14. The van der Waals surface area contributed by atoms with Crippen LogP contribution < -0.4 is 5.32 Å². The number of nitrogens with one attached hydrogen (secondary N) is 1. The van der Waals surface area contributed by atoms with Crippen LogP contribution in [0.25, 0.3) is 0 Å². The van der Waals surface area contributed by atoms with Gasteiger partial charge in [-0.1, -0.05) is 12.1 Å². The molecule has 1 aromatic carbocycles. The first-order valence-corrected chi connectivity index (χ1v) is 4.87. The van der Waals surface area contributed by atoms with E-state index in [0.29, 0.717) is 0 Å². The Labute approximate surface area is 84.4 Å². The van der Waals surface area contributed by atoms with Gasteiger partial charge in [0.1, 0.15) is 0 Å². The Bertz CT molecular complexity index is 210. The average molecular weight is 204 g/mol. The molecule has 1 N–H and O–H groups in total. The van der Waals surface area contributed by atoms with Gasteiger partial charge in [0.25, 0.3) is 0 Å². The summed E-state index contributed by atoms with van der Waals surface area (Å²) in [7, 11) is 1.96. The summed E-state index contributed by atoms with van der Waals surface area (Å²) in [5.74, 6) is 0. The van der Waals surface area contributed by atoms with Crippen molar-refractivity contribution in [3.8, 4) is 0 Å². The van der Waals surface area contributed by atoms with E-state index in [9.17, 15) is 0 Å². The molecule has 0 atom stereocenters. The molecular weight excluding hydrogens is 190 g/mol. The first kappa shape index (κ1) is 11.8. The van der Waals surface area contributed by atoms with E-state index in [1.54, 1.807) is 11.8 Å². The Morgan fingerprint density at radius 2 is 1.83 bits per heavy atom. The van der Waals surface area contributed by atoms with Gasteiger partial charge in [-0.25, -0.2) is 0 Å². The molecule has 0 heterocycles. The highest BCUT2D eigenvalue weighted by molar-refractivity contribution is 7.98. The van der Waals surface area contributed by atoms with E-state index >= 15 is 0 Å². The smallest absolute Gasteiger partial charge is 0.0202 e. The van der Waals surface area contributed by atoms with Crippen LogP contribution in [0.4, 0.5) is 0 Å². The number of halogens is 1. The molecule has 1 aromatic rings. The van der Waals surface area contributed by atoms with Gasteiger partial charge in [0, 0.05) is 11.4 Å². The Hall–Kier alpha value is -0.180. The van der Waals surface area contributed by atoms with E-state index in [2.05, 4.69) is 35.8 Å². The minimum atomic E-state index is 0. The molecule has 12 heavy (non-hydrogen) atoms. The van der Waals surface area contributed by atoms with Crippen molar-refractivity contribution < 1.29 is 0 Å². The van der Waals surface area contributed by atoms with Crippen molar-refractivity contribution in [2.75, 3.05) is 13.3 Å². The van der Waals surface area contributed by atoms with Gasteiger partial charge in [0.15, 0.2) is 0 Å². The number of benzene rings is 1. The fourth-order valence-corrected chi connectivity index (χ4v) is 1.36. The van der Waals surface area contributed by atoms with Crippen LogP contribution in [0.1, 0.15) is 5.56 Å². The van der Waals surface area contributed by atoms with E-state index in [-0.39, 0.29) is 12.4 Å². The minimum Gasteiger partial charge on any atom is -0.316 e. The average Bonchev–Trinajstić information content (AvgIpc) is 2.07. The standard InChI is InChI=1S/C9H13NS.ClH/c1-10-7-8-3-5-9(11-2)6-4-8;/h3-6,10H,7H2,1-2H3;1H. The van der Waals surface area contributed by atoms with Crippen LogP contribution in [0.15, 0.2) is 29.2 Å². The van der Waals surface area contributed by atoms with Gasteiger partial charge in [-0.05, 0) is 31.0 Å². The maximum absolute atomic E-state index is 3.11. The van der Waals surface area contributed by atoms with Gasteiger partial charge >= 0.3 is 0 Å². The number of hydrogen-bond acceptors (Lipinski definition) is 2. The quantitative estimate of drug-likeness (QED) is 0.758. The maximum Gasteiger partial charge on any atom is 0.0202 e. The second kappa shape index (κ2) is 6.35. The first-order valence-electron chi connectivity index (χ1n) is 3.64. The SMILES string of the molecule is CNCc1ccc(SC)cc1.Cl. The molecular formula is C9H14ClNS. The minimum absolute atomic E-state index is 0. The molecule has 1 rings (SSSR count). The van der Waals surface area contributed by atoms with Crippen molar-refractivity contribution in [3.05, 3.63) is 29.8 Å². The summed E-state index contributed by atoms with van der Waals surface area (Å²) in [5, 5.41) is 3.11. The molecule has 0 unspecified atom stereocenters. The molecule has 3 heteroatoms. The molecule has 0 aromatic heterocycles. The molecule has 0 bridgehead atoms. The van der Waals surface area contributed by atoms with Crippen molar-refractivity contribution >= 4 is 24.2 Å². The Kier molecular flexibility index (Phi) is 6.25. The number of rotatable bonds is 3. The predicted molar refractivity (Wildman–Crippen MR) is 58.2 cm³/mol. The summed E-state index contributed by atoms with van der Waals surface area (Å²) in [6.07, 6.45) is 2.09. The van der Waals surface area contributed by atoms with E-state index in [0.717, 1.165) is 6.54 Å². The van der Waals surface area contributed by atoms with Crippen LogP contribution in [0.3, 0.4) is 0 Å².